The highest BCUT2D eigenvalue weighted by molar-refractivity contribution is 5.90. The third kappa shape index (κ3) is 4.44. The summed E-state index contributed by atoms with van der Waals surface area (Å²) in [6.07, 6.45) is 1.84. The Morgan fingerprint density at radius 2 is 0.865 bits per heavy atom. The number of fused-ring (bicyclic) bond motifs is 9. The summed E-state index contributed by atoms with van der Waals surface area (Å²) in [7, 11) is 0. The van der Waals surface area contributed by atoms with Gasteiger partial charge in [0, 0.05) is 28.3 Å². The molecule has 2 heteroatoms. The summed E-state index contributed by atoms with van der Waals surface area (Å²) in [5.41, 5.74) is 18.6. The summed E-state index contributed by atoms with van der Waals surface area (Å²) < 4.78 is 0. The minimum absolute atomic E-state index is 0.139. The molecule has 0 N–H and O–H groups in total. The van der Waals surface area contributed by atoms with Crippen molar-refractivity contribution in [3.63, 3.8) is 0 Å². The molecule has 0 atom stereocenters. The number of nitrogens with zero attached hydrogens (tertiary/aromatic N) is 2. The predicted octanol–water partition coefficient (Wildman–Crippen LogP) is 12.1. The maximum Gasteiger partial charge on any atom is 0.0719 e. The first-order valence-corrected chi connectivity index (χ1v) is 18.1. The first kappa shape index (κ1) is 30.4. The fourth-order valence-corrected chi connectivity index (χ4v) is 8.99. The Kier molecular flexibility index (Phi) is 6.78. The molecular weight excluding hydrogens is 629 g/mol. The van der Waals surface area contributed by atoms with Crippen molar-refractivity contribution in [2.24, 2.45) is 0 Å². The normalized spacial score (nSPS) is 14.3. The summed E-state index contributed by atoms with van der Waals surface area (Å²) in [5, 5.41) is 0. The second-order valence-corrected chi connectivity index (χ2v) is 14.6. The fraction of sp³-hybridized carbons (Fsp3) is 0.0800. The van der Waals surface area contributed by atoms with Crippen molar-refractivity contribution in [2.45, 2.75) is 24.7 Å². The SMILES string of the molecule is CC1(C)c2ccccc2C2(c3ccccc3-c3ccc(-c4cc(-c5ccc(-c6ccccn6)cc5)cc(-c5ccccc5)n4)cc32)c2ccccc21. The molecule has 2 aliphatic rings. The molecule has 2 heterocycles. The molecule has 2 aliphatic carbocycles. The van der Waals surface area contributed by atoms with Crippen LogP contribution >= 0.6 is 0 Å². The van der Waals surface area contributed by atoms with Crippen LogP contribution in [0.5, 0.6) is 0 Å². The molecule has 2 aromatic heterocycles. The van der Waals surface area contributed by atoms with Crippen LogP contribution in [0.1, 0.15) is 47.2 Å². The van der Waals surface area contributed by atoms with Gasteiger partial charge in [0.25, 0.3) is 0 Å². The summed E-state index contributed by atoms with van der Waals surface area (Å²) >= 11 is 0. The molecular formula is C50H36N2. The van der Waals surface area contributed by atoms with Gasteiger partial charge in [-0.05, 0) is 86.0 Å². The van der Waals surface area contributed by atoms with Crippen LogP contribution in [0.25, 0.3) is 56.0 Å². The lowest BCUT2D eigenvalue weighted by Gasteiger charge is -2.46. The van der Waals surface area contributed by atoms with Crippen molar-refractivity contribution < 1.29 is 0 Å². The zero-order valence-corrected chi connectivity index (χ0v) is 29.2. The molecule has 0 unspecified atom stereocenters. The van der Waals surface area contributed by atoms with Crippen LogP contribution in [0.2, 0.25) is 0 Å². The smallest absolute Gasteiger partial charge is 0.0719 e. The largest absolute Gasteiger partial charge is 0.256 e. The number of pyridine rings is 2. The third-order valence-electron chi connectivity index (χ3n) is 11.4. The van der Waals surface area contributed by atoms with Crippen LogP contribution in [0.4, 0.5) is 0 Å². The average molecular weight is 665 g/mol. The highest BCUT2D eigenvalue weighted by Crippen LogP contribution is 2.62. The van der Waals surface area contributed by atoms with Gasteiger partial charge in [-0.3, -0.25) is 4.98 Å². The summed E-state index contributed by atoms with van der Waals surface area (Å²) in [4.78, 5) is 9.94. The van der Waals surface area contributed by atoms with Crippen molar-refractivity contribution in [2.75, 3.05) is 0 Å². The zero-order valence-electron chi connectivity index (χ0n) is 29.2. The number of benzene rings is 6. The van der Waals surface area contributed by atoms with Crippen LogP contribution in [0, 0.1) is 0 Å². The van der Waals surface area contributed by atoms with E-state index in [1.165, 1.54) is 44.5 Å². The number of rotatable bonds is 4. The Morgan fingerprint density at radius 3 is 1.54 bits per heavy atom. The molecule has 0 fully saturated rings. The fourth-order valence-electron chi connectivity index (χ4n) is 8.99. The van der Waals surface area contributed by atoms with E-state index < -0.39 is 5.41 Å². The Hall–Kier alpha value is -6.38. The molecule has 6 aromatic carbocycles. The van der Waals surface area contributed by atoms with Gasteiger partial charge in [0.15, 0.2) is 0 Å². The van der Waals surface area contributed by atoms with Gasteiger partial charge in [0.05, 0.1) is 22.5 Å². The molecule has 246 valence electrons. The number of hydrogen-bond donors (Lipinski definition) is 0. The molecule has 2 nitrogen and oxygen atoms in total. The number of hydrogen-bond acceptors (Lipinski definition) is 2. The highest BCUT2D eigenvalue weighted by atomic mass is 14.7. The van der Waals surface area contributed by atoms with E-state index in [2.05, 4.69) is 183 Å². The molecule has 0 bridgehead atoms. The molecule has 0 amide bonds. The first-order chi connectivity index (χ1) is 25.5. The first-order valence-electron chi connectivity index (χ1n) is 18.1. The van der Waals surface area contributed by atoms with E-state index in [0.717, 1.165) is 44.9 Å². The van der Waals surface area contributed by atoms with E-state index in [-0.39, 0.29) is 5.41 Å². The predicted molar refractivity (Wildman–Crippen MR) is 213 cm³/mol. The van der Waals surface area contributed by atoms with Gasteiger partial charge in [-0.15, -0.1) is 0 Å². The van der Waals surface area contributed by atoms with E-state index in [4.69, 9.17) is 4.98 Å². The maximum atomic E-state index is 5.37. The minimum atomic E-state index is -0.453. The minimum Gasteiger partial charge on any atom is -0.256 e. The molecule has 0 radical (unpaired) electrons. The summed E-state index contributed by atoms with van der Waals surface area (Å²) in [5.74, 6) is 0. The van der Waals surface area contributed by atoms with E-state index in [1.54, 1.807) is 0 Å². The summed E-state index contributed by atoms with van der Waals surface area (Å²) in [6.45, 7) is 4.75. The Balaban J connectivity index is 1.20. The van der Waals surface area contributed by atoms with Gasteiger partial charge >= 0.3 is 0 Å². The lowest BCUT2D eigenvalue weighted by atomic mass is 9.55. The highest BCUT2D eigenvalue weighted by Gasteiger charge is 2.53. The standard InChI is InChI=1S/C50H36N2/c1-49(2)41-18-8-10-20-43(41)50(44-21-11-9-19-42(44)49)40-17-7-6-16-38(40)39-28-27-36(30-45(39)50)48-32-37(31-47(52-48)34-14-4-3-5-15-34)33-23-25-35(26-24-33)46-22-12-13-29-51-46/h3-32H,1-2H3. The van der Waals surface area contributed by atoms with E-state index in [1.807, 2.05) is 18.3 Å². The molecule has 52 heavy (non-hydrogen) atoms. The summed E-state index contributed by atoms with van der Waals surface area (Å²) in [6, 6.07) is 64.1. The quantitative estimate of drug-likeness (QED) is 0.187. The maximum absolute atomic E-state index is 5.37. The Labute approximate surface area is 305 Å². The van der Waals surface area contributed by atoms with Crippen LogP contribution in [-0.4, -0.2) is 9.97 Å². The Morgan fingerprint density at radius 1 is 0.346 bits per heavy atom. The zero-order chi connectivity index (χ0) is 34.9. The van der Waals surface area contributed by atoms with Crippen molar-refractivity contribution in [1.82, 2.24) is 9.97 Å². The van der Waals surface area contributed by atoms with Crippen molar-refractivity contribution in [1.29, 1.82) is 0 Å². The van der Waals surface area contributed by atoms with Crippen LogP contribution < -0.4 is 0 Å². The second kappa shape index (κ2) is 11.6. The topological polar surface area (TPSA) is 25.8 Å². The second-order valence-electron chi connectivity index (χ2n) is 14.6. The number of aromatic nitrogens is 2. The lowest BCUT2D eigenvalue weighted by Crippen LogP contribution is -2.40. The molecule has 1 spiro atoms. The van der Waals surface area contributed by atoms with E-state index in [0.29, 0.717) is 0 Å². The van der Waals surface area contributed by atoms with Gasteiger partial charge in [0.2, 0.25) is 0 Å². The Bertz CT molecular complexity index is 2590. The van der Waals surface area contributed by atoms with Crippen molar-refractivity contribution in [3.8, 4) is 56.0 Å². The van der Waals surface area contributed by atoms with Gasteiger partial charge < -0.3 is 0 Å². The average Bonchev–Trinajstić information content (AvgIpc) is 3.51. The van der Waals surface area contributed by atoms with Crippen LogP contribution in [0.15, 0.2) is 182 Å². The molecule has 10 rings (SSSR count). The molecule has 0 saturated carbocycles. The van der Waals surface area contributed by atoms with Gasteiger partial charge in [-0.1, -0.05) is 159 Å². The van der Waals surface area contributed by atoms with Crippen molar-refractivity contribution >= 4 is 0 Å². The van der Waals surface area contributed by atoms with Crippen LogP contribution in [-0.2, 0) is 10.8 Å². The van der Waals surface area contributed by atoms with Crippen LogP contribution in [0.3, 0.4) is 0 Å². The monoisotopic (exact) mass is 664 g/mol. The van der Waals surface area contributed by atoms with Crippen molar-refractivity contribution in [3.05, 3.63) is 216 Å². The van der Waals surface area contributed by atoms with Gasteiger partial charge in [-0.25, -0.2) is 4.98 Å². The lowest BCUT2D eigenvalue weighted by molar-refractivity contribution is 0.563. The van der Waals surface area contributed by atoms with Gasteiger partial charge in [0.1, 0.15) is 0 Å². The third-order valence-corrected chi connectivity index (χ3v) is 11.4. The molecule has 0 saturated heterocycles. The van der Waals surface area contributed by atoms with Gasteiger partial charge in [-0.2, -0.15) is 0 Å². The van der Waals surface area contributed by atoms with E-state index >= 15 is 0 Å². The molecule has 0 aliphatic heterocycles. The van der Waals surface area contributed by atoms with E-state index in [9.17, 15) is 0 Å². The molecule has 8 aromatic rings.